The lowest BCUT2D eigenvalue weighted by Gasteiger charge is -2.05. The lowest BCUT2D eigenvalue weighted by atomic mass is 10.1. The zero-order valence-corrected chi connectivity index (χ0v) is 8.28. The quantitative estimate of drug-likeness (QED) is 0.552. The predicted molar refractivity (Wildman–Crippen MR) is 55.5 cm³/mol. The number of hydrogen-bond acceptors (Lipinski definition) is 2. The topological polar surface area (TPSA) is 12.4 Å². The molecule has 0 saturated heterocycles. The molecule has 11 heavy (non-hydrogen) atoms. The van der Waals surface area contributed by atoms with Crippen molar-refractivity contribution in [2.24, 2.45) is 4.99 Å². The molecule has 0 unspecified atom stereocenters. The Morgan fingerprint density at radius 3 is 2.36 bits per heavy atom. The Morgan fingerprint density at radius 1 is 1.45 bits per heavy atom. The molecule has 64 valence electrons. The first-order chi connectivity index (χ1) is 5.35. The highest BCUT2D eigenvalue weighted by atomic mass is 32.2. The fourth-order valence-corrected chi connectivity index (χ4v) is 0.965. The standard InChI is InChI=1S/C7H11N.C2H6S/c1-8-7-5-3-2-4-6-7;1-3-2/h5H,1-4,6H2;1-2H3. The first-order valence-corrected chi connectivity index (χ1v) is 5.54. The summed E-state index contributed by atoms with van der Waals surface area (Å²) in [4.78, 5) is 3.86. The Kier molecular flexibility index (Phi) is 7.69. The van der Waals surface area contributed by atoms with Crippen molar-refractivity contribution in [2.45, 2.75) is 25.7 Å². The van der Waals surface area contributed by atoms with Crippen molar-refractivity contribution >= 4 is 18.5 Å². The predicted octanol–water partition coefficient (Wildman–Crippen LogP) is 3.12. The minimum Gasteiger partial charge on any atom is -0.269 e. The van der Waals surface area contributed by atoms with Crippen LogP contribution in [-0.4, -0.2) is 19.2 Å². The van der Waals surface area contributed by atoms with Crippen LogP contribution in [0.25, 0.3) is 0 Å². The van der Waals surface area contributed by atoms with Crippen molar-refractivity contribution in [2.75, 3.05) is 12.5 Å². The van der Waals surface area contributed by atoms with Gasteiger partial charge in [0.2, 0.25) is 0 Å². The molecule has 0 atom stereocenters. The van der Waals surface area contributed by atoms with Crippen LogP contribution in [0.15, 0.2) is 16.8 Å². The van der Waals surface area contributed by atoms with E-state index in [1.54, 1.807) is 11.8 Å². The van der Waals surface area contributed by atoms with Gasteiger partial charge in [-0.05, 0) is 44.9 Å². The van der Waals surface area contributed by atoms with Crippen LogP contribution in [0, 0.1) is 0 Å². The highest BCUT2D eigenvalue weighted by molar-refractivity contribution is 7.97. The van der Waals surface area contributed by atoms with Gasteiger partial charge in [-0.25, -0.2) is 0 Å². The van der Waals surface area contributed by atoms with Crippen molar-refractivity contribution in [3.05, 3.63) is 11.8 Å². The Bertz CT molecular complexity index is 130. The van der Waals surface area contributed by atoms with E-state index in [0.717, 1.165) is 6.42 Å². The second-order valence-electron chi connectivity index (χ2n) is 2.51. The van der Waals surface area contributed by atoms with Gasteiger partial charge in [-0.2, -0.15) is 11.8 Å². The summed E-state index contributed by atoms with van der Waals surface area (Å²) in [6.45, 7) is 3.47. The van der Waals surface area contributed by atoms with Crippen LogP contribution in [0.5, 0.6) is 0 Å². The van der Waals surface area contributed by atoms with Gasteiger partial charge in [-0.1, -0.05) is 6.08 Å². The maximum atomic E-state index is 3.86. The van der Waals surface area contributed by atoms with Gasteiger partial charge in [0.05, 0.1) is 0 Å². The average molecular weight is 171 g/mol. The lowest BCUT2D eigenvalue weighted by molar-refractivity contribution is 0.697. The summed E-state index contributed by atoms with van der Waals surface area (Å²) < 4.78 is 0. The molecule has 0 aromatic heterocycles. The van der Waals surface area contributed by atoms with Crippen LogP contribution in [0.2, 0.25) is 0 Å². The minimum absolute atomic E-state index is 1.14. The minimum atomic E-state index is 1.14. The summed E-state index contributed by atoms with van der Waals surface area (Å²) >= 11 is 1.75. The van der Waals surface area contributed by atoms with E-state index in [-0.39, 0.29) is 0 Å². The van der Waals surface area contributed by atoms with Gasteiger partial charge in [0, 0.05) is 5.70 Å². The van der Waals surface area contributed by atoms with Crippen molar-refractivity contribution in [3.8, 4) is 0 Å². The third-order valence-corrected chi connectivity index (χ3v) is 1.47. The van der Waals surface area contributed by atoms with Crippen molar-refractivity contribution in [3.63, 3.8) is 0 Å². The number of hydrogen-bond donors (Lipinski definition) is 0. The average Bonchev–Trinajstić information content (AvgIpc) is 2.08. The molecule has 2 heteroatoms. The molecule has 0 bridgehead atoms. The number of nitrogens with zero attached hydrogens (tertiary/aromatic N) is 1. The third-order valence-electron chi connectivity index (χ3n) is 1.47. The van der Waals surface area contributed by atoms with Crippen LogP contribution >= 0.6 is 11.8 Å². The molecule has 0 saturated carbocycles. The number of rotatable bonds is 1. The number of aliphatic imine (C=N–C) groups is 1. The molecule has 1 aliphatic rings. The molecule has 0 N–H and O–H groups in total. The first-order valence-electron chi connectivity index (χ1n) is 3.91. The van der Waals surface area contributed by atoms with Crippen molar-refractivity contribution < 1.29 is 0 Å². The Morgan fingerprint density at radius 2 is 2.09 bits per heavy atom. The molecule has 0 aliphatic heterocycles. The van der Waals surface area contributed by atoms with Gasteiger partial charge in [-0.15, -0.1) is 0 Å². The highest BCUT2D eigenvalue weighted by Crippen LogP contribution is 2.16. The first kappa shape index (κ1) is 10.8. The zero-order valence-electron chi connectivity index (χ0n) is 7.47. The van der Waals surface area contributed by atoms with Gasteiger partial charge >= 0.3 is 0 Å². The molecule has 0 fully saturated rings. The molecule has 1 aliphatic carbocycles. The molecule has 0 spiro atoms. The van der Waals surface area contributed by atoms with E-state index in [4.69, 9.17) is 0 Å². The van der Waals surface area contributed by atoms with E-state index >= 15 is 0 Å². The van der Waals surface area contributed by atoms with Crippen LogP contribution < -0.4 is 0 Å². The summed E-state index contributed by atoms with van der Waals surface area (Å²) in [7, 11) is 0. The maximum Gasteiger partial charge on any atom is 0.0356 e. The van der Waals surface area contributed by atoms with Gasteiger partial charge in [-0.3, -0.25) is 4.99 Å². The fourth-order valence-electron chi connectivity index (χ4n) is 0.965. The highest BCUT2D eigenvalue weighted by Gasteiger charge is 1.98. The molecule has 0 radical (unpaired) electrons. The van der Waals surface area contributed by atoms with Crippen LogP contribution in [0.3, 0.4) is 0 Å². The zero-order chi connectivity index (χ0) is 8.53. The summed E-state index contributed by atoms with van der Waals surface area (Å²) in [5, 5.41) is 0. The molecule has 0 amide bonds. The summed E-state index contributed by atoms with van der Waals surface area (Å²) in [6, 6.07) is 0. The Hall–Kier alpha value is -0.240. The van der Waals surface area contributed by atoms with E-state index < -0.39 is 0 Å². The molecule has 0 aromatic carbocycles. The molecular formula is C9H17NS. The summed E-state index contributed by atoms with van der Waals surface area (Å²) in [5.41, 5.74) is 1.19. The summed E-state index contributed by atoms with van der Waals surface area (Å²) in [6.07, 6.45) is 11.2. The third kappa shape index (κ3) is 6.17. The number of thioether (sulfide) groups is 1. The maximum absolute atomic E-state index is 3.86. The largest absolute Gasteiger partial charge is 0.269 e. The van der Waals surface area contributed by atoms with Crippen LogP contribution in [0.1, 0.15) is 25.7 Å². The van der Waals surface area contributed by atoms with Gasteiger partial charge < -0.3 is 0 Å². The van der Waals surface area contributed by atoms with Crippen molar-refractivity contribution in [1.29, 1.82) is 0 Å². The van der Waals surface area contributed by atoms with E-state index in [9.17, 15) is 0 Å². The van der Waals surface area contributed by atoms with Gasteiger partial charge in [0.15, 0.2) is 0 Å². The van der Waals surface area contributed by atoms with E-state index in [1.807, 2.05) is 12.5 Å². The van der Waals surface area contributed by atoms with E-state index in [2.05, 4.69) is 17.8 Å². The Labute approximate surface area is 74.0 Å². The molecular weight excluding hydrogens is 154 g/mol. The SMILES string of the molecule is C=NC1=CCCCC1.CSC. The van der Waals surface area contributed by atoms with Crippen molar-refractivity contribution in [1.82, 2.24) is 0 Å². The fraction of sp³-hybridized carbons (Fsp3) is 0.667. The normalized spacial score (nSPS) is 16.0. The molecule has 0 heterocycles. The number of allylic oxidation sites excluding steroid dienone is 2. The van der Waals surface area contributed by atoms with E-state index in [1.165, 1.54) is 25.0 Å². The Balaban J connectivity index is 0.000000292. The molecule has 1 rings (SSSR count). The second kappa shape index (κ2) is 7.86. The smallest absolute Gasteiger partial charge is 0.0356 e. The van der Waals surface area contributed by atoms with Crippen LogP contribution in [-0.2, 0) is 0 Å². The molecule has 0 aromatic rings. The lowest BCUT2D eigenvalue weighted by Crippen LogP contribution is -1.86. The summed E-state index contributed by atoms with van der Waals surface area (Å²) in [5.74, 6) is 0. The van der Waals surface area contributed by atoms with Crippen LogP contribution in [0.4, 0.5) is 0 Å². The van der Waals surface area contributed by atoms with Gasteiger partial charge in [0.25, 0.3) is 0 Å². The monoisotopic (exact) mass is 171 g/mol. The van der Waals surface area contributed by atoms with Gasteiger partial charge in [0.1, 0.15) is 0 Å². The second-order valence-corrected chi connectivity index (χ2v) is 3.32. The molecule has 1 nitrogen and oxygen atoms in total. The van der Waals surface area contributed by atoms with E-state index in [0.29, 0.717) is 0 Å².